The molecule has 0 aliphatic carbocycles. The Morgan fingerprint density at radius 3 is 2.71 bits per heavy atom. The molecule has 0 spiro atoms. The fourth-order valence-electron chi connectivity index (χ4n) is 3.26. The van der Waals surface area contributed by atoms with Gasteiger partial charge in [0.15, 0.2) is 11.5 Å². The van der Waals surface area contributed by atoms with Crippen LogP contribution in [0.1, 0.15) is 17.5 Å². The first kappa shape index (κ1) is 17.9. The van der Waals surface area contributed by atoms with E-state index in [-0.39, 0.29) is 24.5 Å². The van der Waals surface area contributed by atoms with E-state index in [1.807, 2.05) is 6.92 Å². The first-order valence-electron chi connectivity index (χ1n) is 8.96. The van der Waals surface area contributed by atoms with Crippen molar-refractivity contribution in [1.29, 1.82) is 0 Å². The van der Waals surface area contributed by atoms with Crippen molar-refractivity contribution in [2.45, 2.75) is 19.8 Å². The van der Waals surface area contributed by atoms with E-state index in [2.05, 4.69) is 5.32 Å². The third-order valence-corrected chi connectivity index (χ3v) is 4.70. The molecule has 0 unspecified atom stereocenters. The minimum Gasteiger partial charge on any atom is -0.508 e. The highest BCUT2D eigenvalue weighted by Crippen LogP contribution is 2.32. The lowest BCUT2D eigenvalue weighted by Gasteiger charge is -2.19. The molecular weight excluding hydrogens is 362 g/mol. The van der Waals surface area contributed by atoms with E-state index in [0.717, 1.165) is 10.9 Å². The number of ether oxygens (including phenoxy) is 2. The molecule has 0 fully saturated rings. The van der Waals surface area contributed by atoms with Gasteiger partial charge in [0.2, 0.25) is 5.91 Å². The zero-order valence-electron chi connectivity index (χ0n) is 15.3. The molecule has 4 rings (SSSR count). The fraction of sp³-hybridized carbons (Fsp3) is 0.238. The van der Waals surface area contributed by atoms with Crippen LogP contribution in [0.3, 0.4) is 0 Å². The minimum atomic E-state index is -0.497. The van der Waals surface area contributed by atoms with Crippen LogP contribution in [0.4, 0.5) is 5.69 Å². The Hall–Kier alpha value is -3.48. The highest BCUT2D eigenvalue weighted by atomic mass is 16.6. The summed E-state index contributed by atoms with van der Waals surface area (Å²) in [6.45, 7) is 2.79. The zero-order chi connectivity index (χ0) is 19.7. The molecule has 1 aliphatic heterocycles. The number of anilines is 1. The van der Waals surface area contributed by atoms with Crippen LogP contribution in [-0.4, -0.2) is 24.2 Å². The van der Waals surface area contributed by atoms with Gasteiger partial charge in [0.25, 0.3) is 0 Å². The molecule has 2 aromatic carbocycles. The summed E-state index contributed by atoms with van der Waals surface area (Å²) in [5, 5.41) is 13.1. The molecule has 2 N–H and O–H groups in total. The molecule has 1 aliphatic rings. The Labute approximate surface area is 160 Å². The number of phenols is 1. The first-order chi connectivity index (χ1) is 13.5. The third-order valence-electron chi connectivity index (χ3n) is 4.70. The van der Waals surface area contributed by atoms with Crippen molar-refractivity contribution in [3.05, 3.63) is 57.9 Å². The van der Waals surface area contributed by atoms with Crippen molar-refractivity contribution < 1.29 is 23.8 Å². The van der Waals surface area contributed by atoms with Gasteiger partial charge >= 0.3 is 5.63 Å². The van der Waals surface area contributed by atoms with Crippen LogP contribution in [0.15, 0.2) is 45.6 Å². The summed E-state index contributed by atoms with van der Waals surface area (Å²) in [6, 6.07) is 9.85. The number of rotatable bonds is 4. The van der Waals surface area contributed by atoms with Crippen molar-refractivity contribution >= 4 is 22.6 Å². The number of aryl methyl sites for hydroxylation is 1. The van der Waals surface area contributed by atoms with Crippen LogP contribution in [0.5, 0.6) is 17.2 Å². The lowest BCUT2D eigenvalue weighted by molar-refractivity contribution is -0.116. The summed E-state index contributed by atoms with van der Waals surface area (Å²) in [5.41, 5.74) is 1.63. The van der Waals surface area contributed by atoms with Gasteiger partial charge in [-0.15, -0.1) is 0 Å². The highest BCUT2D eigenvalue weighted by Gasteiger charge is 2.15. The van der Waals surface area contributed by atoms with E-state index < -0.39 is 5.63 Å². The van der Waals surface area contributed by atoms with Crippen molar-refractivity contribution in [2.75, 3.05) is 18.5 Å². The summed E-state index contributed by atoms with van der Waals surface area (Å²) >= 11 is 0. The van der Waals surface area contributed by atoms with E-state index >= 15 is 0 Å². The fourth-order valence-corrected chi connectivity index (χ4v) is 3.26. The van der Waals surface area contributed by atoms with Gasteiger partial charge in [0, 0.05) is 35.2 Å². The second-order valence-corrected chi connectivity index (χ2v) is 6.58. The average molecular weight is 381 g/mol. The lowest BCUT2D eigenvalue weighted by atomic mass is 10.0. The SMILES string of the molecule is Cc1c(CCC(=O)Nc2ccc3c(c2)OCCO3)c(=O)oc2cc(O)ccc12. The van der Waals surface area contributed by atoms with Crippen molar-refractivity contribution in [2.24, 2.45) is 0 Å². The highest BCUT2D eigenvalue weighted by molar-refractivity contribution is 5.91. The van der Waals surface area contributed by atoms with Crippen LogP contribution in [-0.2, 0) is 11.2 Å². The Balaban J connectivity index is 1.48. The van der Waals surface area contributed by atoms with E-state index in [4.69, 9.17) is 13.9 Å². The van der Waals surface area contributed by atoms with Crippen molar-refractivity contribution in [3.8, 4) is 17.2 Å². The molecule has 0 saturated heterocycles. The van der Waals surface area contributed by atoms with Crippen LogP contribution in [0, 0.1) is 6.92 Å². The second kappa shape index (κ2) is 7.26. The van der Waals surface area contributed by atoms with Gasteiger partial charge in [0.1, 0.15) is 24.5 Å². The smallest absolute Gasteiger partial charge is 0.339 e. The summed E-state index contributed by atoms with van der Waals surface area (Å²) in [7, 11) is 0. The Morgan fingerprint density at radius 2 is 1.89 bits per heavy atom. The predicted octanol–water partition coefficient (Wildman–Crippen LogP) is 3.15. The summed E-state index contributed by atoms with van der Waals surface area (Å²) in [6.07, 6.45) is 0.380. The first-order valence-corrected chi connectivity index (χ1v) is 8.96. The zero-order valence-corrected chi connectivity index (χ0v) is 15.3. The largest absolute Gasteiger partial charge is 0.508 e. The molecule has 0 radical (unpaired) electrons. The number of fused-ring (bicyclic) bond motifs is 2. The number of aromatic hydroxyl groups is 1. The Bertz CT molecular complexity index is 1120. The average Bonchev–Trinajstić information content (AvgIpc) is 2.67. The number of nitrogens with one attached hydrogen (secondary N) is 1. The molecule has 28 heavy (non-hydrogen) atoms. The maximum Gasteiger partial charge on any atom is 0.339 e. The van der Waals surface area contributed by atoms with Gasteiger partial charge in [-0.3, -0.25) is 4.79 Å². The maximum absolute atomic E-state index is 12.3. The molecule has 1 aromatic heterocycles. The normalized spacial score (nSPS) is 12.8. The standard InChI is InChI=1S/C21H19NO6/c1-12-15-4-3-14(23)11-18(15)28-21(25)16(12)5-7-20(24)22-13-2-6-17-19(10-13)27-9-8-26-17/h2-4,6,10-11,23H,5,7-9H2,1H3,(H,22,24). The van der Waals surface area contributed by atoms with Crippen LogP contribution in [0.2, 0.25) is 0 Å². The molecule has 0 atom stereocenters. The number of benzene rings is 2. The van der Waals surface area contributed by atoms with Gasteiger partial charge in [-0.1, -0.05) is 0 Å². The van der Waals surface area contributed by atoms with Crippen LogP contribution in [0.25, 0.3) is 11.0 Å². The Kier molecular flexibility index (Phi) is 4.65. The number of carbonyl (C=O) groups excluding carboxylic acids is 1. The summed E-state index contributed by atoms with van der Waals surface area (Å²) in [5.74, 6) is 1.06. The topological polar surface area (TPSA) is 98.0 Å². The number of hydrogen-bond acceptors (Lipinski definition) is 6. The molecule has 144 valence electrons. The maximum atomic E-state index is 12.3. The predicted molar refractivity (Wildman–Crippen MR) is 103 cm³/mol. The molecular formula is C21H19NO6. The number of phenolic OH excluding ortho intramolecular Hbond substituents is 1. The quantitative estimate of drug-likeness (QED) is 0.674. The van der Waals surface area contributed by atoms with Crippen molar-refractivity contribution in [3.63, 3.8) is 0 Å². The number of hydrogen-bond donors (Lipinski definition) is 2. The molecule has 1 amide bonds. The van der Waals surface area contributed by atoms with E-state index in [1.165, 1.54) is 12.1 Å². The van der Waals surface area contributed by atoms with Gasteiger partial charge in [-0.2, -0.15) is 0 Å². The van der Waals surface area contributed by atoms with E-state index in [1.54, 1.807) is 24.3 Å². The molecule has 7 heteroatoms. The summed E-state index contributed by atoms with van der Waals surface area (Å²) < 4.78 is 16.3. The lowest BCUT2D eigenvalue weighted by Crippen LogP contribution is -2.18. The number of amides is 1. The number of carbonyl (C=O) groups is 1. The van der Waals surface area contributed by atoms with Crippen LogP contribution < -0.4 is 20.4 Å². The second-order valence-electron chi connectivity index (χ2n) is 6.58. The minimum absolute atomic E-state index is 0.0293. The monoisotopic (exact) mass is 381 g/mol. The molecule has 7 nitrogen and oxygen atoms in total. The molecule has 2 heterocycles. The van der Waals surface area contributed by atoms with Crippen molar-refractivity contribution in [1.82, 2.24) is 0 Å². The van der Waals surface area contributed by atoms with Gasteiger partial charge < -0.3 is 24.3 Å². The van der Waals surface area contributed by atoms with Gasteiger partial charge in [-0.05, 0) is 43.2 Å². The molecule has 0 saturated carbocycles. The van der Waals surface area contributed by atoms with Gasteiger partial charge in [-0.25, -0.2) is 4.79 Å². The summed E-state index contributed by atoms with van der Waals surface area (Å²) in [4.78, 5) is 24.6. The van der Waals surface area contributed by atoms with Crippen LogP contribution >= 0.6 is 0 Å². The van der Waals surface area contributed by atoms with E-state index in [9.17, 15) is 14.7 Å². The Morgan fingerprint density at radius 1 is 1.11 bits per heavy atom. The molecule has 0 bridgehead atoms. The molecule has 3 aromatic rings. The third kappa shape index (κ3) is 3.51. The van der Waals surface area contributed by atoms with E-state index in [0.29, 0.717) is 41.5 Å². The van der Waals surface area contributed by atoms with Gasteiger partial charge in [0.05, 0.1) is 0 Å².